The van der Waals surface area contributed by atoms with E-state index in [1.165, 1.54) is 4.80 Å². The molecule has 3 rings (SSSR count). The molecule has 0 fully saturated rings. The van der Waals surface area contributed by atoms with Crippen LogP contribution >= 0.6 is 15.9 Å². The van der Waals surface area contributed by atoms with E-state index in [2.05, 4.69) is 37.4 Å². The van der Waals surface area contributed by atoms with E-state index in [9.17, 15) is 0 Å². The maximum atomic E-state index is 8.90. The highest BCUT2D eigenvalue weighted by atomic mass is 79.9. The van der Waals surface area contributed by atoms with E-state index in [1.807, 2.05) is 42.5 Å². The molecule has 3 aromatic rings. The van der Waals surface area contributed by atoms with Crippen molar-refractivity contribution in [3.05, 3.63) is 64.1 Å². The molecule has 0 N–H and O–H groups in total. The smallest absolute Gasteiger partial charge is 0.192 e. The summed E-state index contributed by atoms with van der Waals surface area (Å²) in [5, 5.41) is 21.4. The van der Waals surface area contributed by atoms with Gasteiger partial charge in [-0.15, -0.1) is 10.2 Å². The van der Waals surface area contributed by atoms with Crippen molar-refractivity contribution in [2.45, 2.75) is 6.54 Å². The van der Waals surface area contributed by atoms with E-state index in [0.29, 0.717) is 17.9 Å². The lowest BCUT2D eigenvalue weighted by Crippen LogP contribution is -2.04. The molecule has 0 amide bonds. The number of nitrogens with zero attached hydrogens (tertiary/aromatic N) is 5. The van der Waals surface area contributed by atoms with Gasteiger partial charge in [-0.25, -0.2) is 0 Å². The van der Waals surface area contributed by atoms with Crippen LogP contribution < -0.4 is 0 Å². The number of tetrazole rings is 1. The molecule has 2 aromatic carbocycles. The van der Waals surface area contributed by atoms with Crippen molar-refractivity contribution in [1.82, 2.24) is 20.2 Å². The van der Waals surface area contributed by atoms with E-state index >= 15 is 0 Å². The van der Waals surface area contributed by atoms with Crippen LogP contribution in [0, 0.1) is 11.3 Å². The van der Waals surface area contributed by atoms with Crippen LogP contribution in [0.5, 0.6) is 0 Å². The van der Waals surface area contributed by atoms with Crippen molar-refractivity contribution in [2.75, 3.05) is 0 Å². The van der Waals surface area contributed by atoms with E-state index in [0.717, 1.165) is 15.6 Å². The molecule has 0 unspecified atom stereocenters. The molecule has 0 aliphatic rings. The zero-order chi connectivity index (χ0) is 14.7. The minimum Gasteiger partial charge on any atom is -0.192 e. The van der Waals surface area contributed by atoms with Gasteiger partial charge in [0.1, 0.15) is 0 Å². The molecule has 0 saturated carbocycles. The van der Waals surface area contributed by atoms with Crippen LogP contribution in [-0.4, -0.2) is 20.2 Å². The fourth-order valence-electron chi connectivity index (χ4n) is 1.93. The van der Waals surface area contributed by atoms with Gasteiger partial charge in [-0.1, -0.05) is 28.1 Å². The van der Waals surface area contributed by atoms with Crippen molar-refractivity contribution >= 4 is 15.9 Å². The summed E-state index contributed by atoms with van der Waals surface area (Å²) in [4.78, 5) is 1.52. The Hall–Kier alpha value is -2.52. The first kappa shape index (κ1) is 13.5. The number of halogens is 1. The van der Waals surface area contributed by atoms with E-state index in [1.54, 1.807) is 6.07 Å². The molecule has 5 nitrogen and oxygen atoms in total. The lowest BCUT2D eigenvalue weighted by atomic mass is 10.1. The second kappa shape index (κ2) is 5.85. The molecule has 0 spiro atoms. The number of hydrogen-bond donors (Lipinski definition) is 0. The molecule has 21 heavy (non-hydrogen) atoms. The topological polar surface area (TPSA) is 67.4 Å². The van der Waals surface area contributed by atoms with Crippen LogP contribution in [0.3, 0.4) is 0 Å². The Morgan fingerprint density at radius 1 is 1.14 bits per heavy atom. The van der Waals surface area contributed by atoms with Gasteiger partial charge in [-0.05, 0) is 47.2 Å². The number of rotatable bonds is 3. The van der Waals surface area contributed by atoms with Crippen LogP contribution in [0.25, 0.3) is 11.4 Å². The van der Waals surface area contributed by atoms with Gasteiger partial charge >= 0.3 is 0 Å². The van der Waals surface area contributed by atoms with Crippen LogP contribution in [0.4, 0.5) is 0 Å². The average Bonchev–Trinajstić information content (AvgIpc) is 2.96. The summed E-state index contributed by atoms with van der Waals surface area (Å²) in [5.74, 6) is 0.582. The first-order chi connectivity index (χ1) is 10.2. The molecule has 0 radical (unpaired) electrons. The second-order valence-electron chi connectivity index (χ2n) is 4.46. The van der Waals surface area contributed by atoms with Gasteiger partial charge in [0, 0.05) is 10.0 Å². The van der Waals surface area contributed by atoms with Gasteiger partial charge in [0.05, 0.1) is 18.2 Å². The van der Waals surface area contributed by atoms with Gasteiger partial charge in [0.2, 0.25) is 5.82 Å². The standard InChI is InChI=1S/C15H10BrN5/c16-14-6-4-13(5-7-14)15-18-20-21(19-15)10-12-3-1-2-11(8-12)9-17/h1-8H,10H2. The number of hydrogen-bond acceptors (Lipinski definition) is 4. The van der Waals surface area contributed by atoms with Gasteiger partial charge < -0.3 is 0 Å². The number of aromatic nitrogens is 4. The van der Waals surface area contributed by atoms with Crippen molar-refractivity contribution in [1.29, 1.82) is 5.26 Å². The predicted molar refractivity (Wildman–Crippen MR) is 81.2 cm³/mol. The minimum absolute atomic E-state index is 0.485. The average molecular weight is 340 g/mol. The number of nitriles is 1. The molecule has 0 atom stereocenters. The summed E-state index contributed by atoms with van der Waals surface area (Å²) in [6, 6.07) is 17.2. The highest BCUT2D eigenvalue weighted by Crippen LogP contribution is 2.17. The molecule has 102 valence electrons. The van der Waals surface area contributed by atoms with Gasteiger partial charge in [-0.3, -0.25) is 0 Å². The predicted octanol–water partition coefficient (Wildman–Crippen LogP) is 3.02. The molecule has 0 bridgehead atoms. The van der Waals surface area contributed by atoms with Crippen molar-refractivity contribution in [2.24, 2.45) is 0 Å². The Morgan fingerprint density at radius 3 is 2.71 bits per heavy atom. The Bertz CT molecular complexity index is 801. The largest absolute Gasteiger partial charge is 0.204 e. The maximum absolute atomic E-state index is 8.90. The Balaban J connectivity index is 1.82. The molecule has 1 heterocycles. The molecular weight excluding hydrogens is 330 g/mol. The maximum Gasteiger partial charge on any atom is 0.204 e. The lowest BCUT2D eigenvalue weighted by molar-refractivity contribution is 0.573. The van der Waals surface area contributed by atoms with E-state index in [-0.39, 0.29) is 0 Å². The number of benzene rings is 2. The third-order valence-corrected chi connectivity index (χ3v) is 3.46. The van der Waals surface area contributed by atoms with Crippen molar-refractivity contribution in [3.63, 3.8) is 0 Å². The van der Waals surface area contributed by atoms with Crippen LogP contribution in [0.1, 0.15) is 11.1 Å². The minimum atomic E-state index is 0.485. The third-order valence-electron chi connectivity index (χ3n) is 2.94. The second-order valence-corrected chi connectivity index (χ2v) is 5.38. The summed E-state index contributed by atoms with van der Waals surface area (Å²) < 4.78 is 1.01. The summed E-state index contributed by atoms with van der Waals surface area (Å²) in [7, 11) is 0. The first-order valence-corrected chi connectivity index (χ1v) is 7.07. The Morgan fingerprint density at radius 2 is 1.95 bits per heavy atom. The first-order valence-electron chi connectivity index (χ1n) is 6.27. The SMILES string of the molecule is N#Cc1cccc(Cn2nnc(-c3ccc(Br)cc3)n2)c1. The van der Waals surface area contributed by atoms with Crippen LogP contribution in [0.15, 0.2) is 53.0 Å². The lowest BCUT2D eigenvalue weighted by Gasteiger charge is -1.99. The summed E-state index contributed by atoms with van der Waals surface area (Å²) in [5.41, 5.74) is 2.50. The van der Waals surface area contributed by atoms with E-state index in [4.69, 9.17) is 5.26 Å². The Kier molecular flexibility index (Phi) is 3.75. The molecule has 0 saturated heterocycles. The van der Waals surface area contributed by atoms with E-state index < -0.39 is 0 Å². The van der Waals surface area contributed by atoms with Crippen LogP contribution in [-0.2, 0) is 6.54 Å². The molecule has 6 heteroatoms. The zero-order valence-electron chi connectivity index (χ0n) is 10.9. The Labute approximate surface area is 130 Å². The fraction of sp³-hybridized carbons (Fsp3) is 0.0667. The normalized spacial score (nSPS) is 10.3. The molecular formula is C15H10BrN5. The molecule has 1 aromatic heterocycles. The molecule has 0 aliphatic carbocycles. The van der Waals surface area contributed by atoms with Gasteiger partial charge in [0.15, 0.2) is 0 Å². The monoisotopic (exact) mass is 339 g/mol. The van der Waals surface area contributed by atoms with Gasteiger partial charge in [-0.2, -0.15) is 10.1 Å². The molecule has 0 aliphatic heterocycles. The third kappa shape index (κ3) is 3.15. The van der Waals surface area contributed by atoms with Gasteiger partial charge in [0.25, 0.3) is 0 Å². The summed E-state index contributed by atoms with van der Waals surface area (Å²) in [6.45, 7) is 0.485. The fourth-order valence-corrected chi connectivity index (χ4v) is 2.19. The summed E-state index contributed by atoms with van der Waals surface area (Å²) >= 11 is 3.39. The van der Waals surface area contributed by atoms with Crippen LogP contribution in [0.2, 0.25) is 0 Å². The van der Waals surface area contributed by atoms with Crippen molar-refractivity contribution < 1.29 is 0 Å². The quantitative estimate of drug-likeness (QED) is 0.735. The zero-order valence-corrected chi connectivity index (χ0v) is 12.5. The highest BCUT2D eigenvalue weighted by Gasteiger charge is 2.06. The van der Waals surface area contributed by atoms with Crippen molar-refractivity contribution in [3.8, 4) is 17.5 Å². The highest BCUT2D eigenvalue weighted by molar-refractivity contribution is 9.10. The summed E-state index contributed by atoms with van der Waals surface area (Å²) in [6.07, 6.45) is 0.